The molecule has 8 heteroatoms. The van der Waals surface area contributed by atoms with Crippen LogP contribution in [0.4, 0.5) is 5.69 Å². The molecule has 7 aliphatic carbocycles. The summed E-state index contributed by atoms with van der Waals surface area (Å²) in [6.07, 6.45) is 7.46. The van der Waals surface area contributed by atoms with Gasteiger partial charge >= 0.3 is 0 Å². The van der Waals surface area contributed by atoms with Gasteiger partial charge in [0.1, 0.15) is 17.6 Å². The van der Waals surface area contributed by atoms with Crippen LogP contribution < -0.4 is 11.1 Å². The monoisotopic (exact) mass is 807 g/mol. The summed E-state index contributed by atoms with van der Waals surface area (Å²) in [4.78, 5) is 29.8. The number of nitrogens with two attached hydrogens (primary N) is 1. The fourth-order valence-corrected chi connectivity index (χ4v) is 16.8. The number of hydrogen-bond acceptors (Lipinski definition) is 8. The Kier molecular flexibility index (Phi) is 9.44. The second kappa shape index (κ2) is 13.5. The quantitative estimate of drug-likeness (QED) is 0.119. The number of fused-ring (bicyclic) bond motifs is 5. The molecule has 0 unspecified atom stereocenters. The van der Waals surface area contributed by atoms with Crippen LogP contribution in [0.2, 0.25) is 0 Å². The lowest BCUT2D eigenvalue weighted by Gasteiger charge is -2.73. The van der Waals surface area contributed by atoms with Gasteiger partial charge in [-0.1, -0.05) is 77.8 Å². The number of allylic oxidation sites excluding steroid dienone is 2. The molecule has 6 N–H and O–H groups in total. The van der Waals surface area contributed by atoms with Crippen LogP contribution in [0.5, 0.6) is 5.75 Å². The van der Waals surface area contributed by atoms with E-state index in [0.717, 1.165) is 61.8 Å². The third-order valence-corrected chi connectivity index (χ3v) is 18.7. The summed E-state index contributed by atoms with van der Waals surface area (Å²) in [5.74, 6) is 1.48. The molecule has 2 aromatic carbocycles. The van der Waals surface area contributed by atoms with Crippen LogP contribution in [0.1, 0.15) is 143 Å². The predicted octanol–water partition coefficient (Wildman–Crippen LogP) is 8.56. The van der Waals surface area contributed by atoms with Crippen LogP contribution in [-0.4, -0.2) is 62.9 Å². The number of aliphatic hydroxyl groups excluding tert-OH is 2. The van der Waals surface area contributed by atoms with Gasteiger partial charge in [0.25, 0.3) is 0 Å². The van der Waals surface area contributed by atoms with Crippen molar-refractivity contribution in [3.63, 3.8) is 0 Å². The average Bonchev–Trinajstić information content (AvgIpc) is 3.51. The molecule has 59 heavy (non-hydrogen) atoms. The highest BCUT2D eigenvalue weighted by molar-refractivity contribution is 6.01. The molecule has 4 bridgehead atoms. The Morgan fingerprint density at radius 3 is 2.39 bits per heavy atom. The lowest BCUT2D eigenvalue weighted by molar-refractivity contribution is -0.213. The van der Waals surface area contributed by atoms with Crippen LogP contribution in [-0.2, 0) is 19.7 Å². The van der Waals surface area contributed by atoms with Gasteiger partial charge in [0.2, 0.25) is 0 Å². The standard InChI is InChI=1S/C51H70N2O6/c1-29(22-38(56)42-49(8,59-42)36-17-11-16-35(36)31-12-9-14-33(52)23-31)41-37-18-19-40-46(5)27-50(32-13-10-15-34(55)24-32)20-21-51(53-26-30(2)54,43(46)45(3,4)44(50)58)28-48(40,7)47(37,6)25-39(41)57/h9-10,12-15,23-24,29-30,35-36,38,40,42-43,53-56H,11,16-22,25-28,52H2,1-8H3/t29-,30+,35+,36-,38-,40-,42-,43+,46+,47+,48+,49-,50+,51+/m1/s1. The van der Waals surface area contributed by atoms with E-state index < -0.39 is 39.6 Å². The Labute approximate surface area is 352 Å². The second-order valence-corrected chi connectivity index (χ2v) is 22.4. The van der Waals surface area contributed by atoms with Gasteiger partial charge in [0, 0.05) is 35.0 Å². The van der Waals surface area contributed by atoms with Crippen molar-refractivity contribution in [1.82, 2.24) is 5.32 Å². The largest absolute Gasteiger partial charge is 0.508 e. The van der Waals surface area contributed by atoms with Gasteiger partial charge in [0.05, 0.1) is 23.2 Å². The Morgan fingerprint density at radius 2 is 1.68 bits per heavy atom. The summed E-state index contributed by atoms with van der Waals surface area (Å²) in [6.45, 7) is 18.2. The lowest BCUT2D eigenvalue weighted by atomic mass is 9.32. The number of rotatable bonds is 10. The molecule has 320 valence electrons. The molecule has 2 aromatic rings. The topological polar surface area (TPSA) is 145 Å². The lowest BCUT2D eigenvalue weighted by Crippen LogP contribution is -2.74. The number of ketones is 2. The number of epoxide rings is 1. The van der Waals surface area contributed by atoms with E-state index >= 15 is 4.79 Å². The van der Waals surface area contributed by atoms with Crippen LogP contribution in [0.3, 0.4) is 0 Å². The number of Topliss-reactive ketones (excluding diaryl/α,β-unsaturated/α-hetero) is 2. The number of benzene rings is 2. The molecule has 1 heterocycles. The summed E-state index contributed by atoms with van der Waals surface area (Å²) < 4.78 is 6.50. The van der Waals surface area contributed by atoms with E-state index in [4.69, 9.17) is 10.5 Å². The molecule has 0 amide bonds. The van der Waals surface area contributed by atoms with Crippen molar-refractivity contribution in [1.29, 1.82) is 0 Å². The summed E-state index contributed by atoms with van der Waals surface area (Å²) >= 11 is 0. The van der Waals surface area contributed by atoms with Gasteiger partial charge < -0.3 is 31.1 Å². The Morgan fingerprint density at radius 1 is 0.932 bits per heavy atom. The number of nitrogens with one attached hydrogen (secondary N) is 1. The van der Waals surface area contributed by atoms with Crippen LogP contribution in [0.25, 0.3) is 0 Å². The smallest absolute Gasteiger partial charge is 0.159 e. The van der Waals surface area contributed by atoms with Gasteiger partial charge in [-0.05, 0) is 153 Å². The van der Waals surface area contributed by atoms with E-state index in [1.807, 2.05) is 37.3 Å². The maximum Gasteiger partial charge on any atom is 0.159 e. The van der Waals surface area contributed by atoms with E-state index in [2.05, 4.69) is 65.9 Å². The number of carbonyl (C=O) groups is 2. The van der Waals surface area contributed by atoms with E-state index in [-0.39, 0.29) is 52.0 Å². The number of aliphatic hydroxyl groups is 2. The molecule has 8 aliphatic rings. The molecule has 0 radical (unpaired) electrons. The highest BCUT2D eigenvalue weighted by atomic mass is 16.6. The summed E-state index contributed by atoms with van der Waals surface area (Å²) in [5, 5.41) is 37.5. The van der Waals surface area contributed by atoms with Gasteiger partial charge in [0.15, 0.2) is 5.78 Å². The molecule has 0 aromatic heterocycles. The number of aromatic hydroxyl groups is 1. The van der Waals surface area contributed by atoms with Gasteiger partial charge in [-0.2, -0.15) is 0 Å². The number of nitrogen functional groups attached to an aromatic ring is 1. The summed E-state index contributed by atoms with van der Waals surface area (Å²) in [5.41, 5.74) is 8.11. The number of phenols is 1. The molecule has 14 atom stereocenters. The van der Waals surface area contributed by atoms with E-state index in [1.165, 1.54) is 11.1 Å². The first-order valence-electron chi connectivity index (χ1n) is 22.9. The molecule has 7 fully saturated rings. The van der Waals surface area contributed by atoms with Gasteiger partial charge in [-0.3, -0.25) is 9.59 Å². The van der Waals surface area contributed by atoms with Crippen molar-refractivity contribution in [2.75, 3.05) is 12.3 Å². The number of anilines is 1. The van der Waals surface area contributed by atoms with Gasteiger partial charge in [-0.25, -0.2) is 0 Å². The van der Waals surface area contributed by atoms with E-state index in [1.54, 1.807) is 6.07 Å². The fourth-order valence-electron chi connectivity index (χ4n) is 16.8. The van der Waals surface area contributed by atoms with Crippen molar-refractivity contribution in [3.8, 4) is 5.75 Å². The first-order valence-corrected chi connectivity index (χ1v) is 22.9. The van der Waals surface area contributed by atoms with Crippen molar-refractivity contribution in [3.05, 3.63) is 70.8 Å². The van der Waals surface area contributed by atoms with Gasteiger partial charge in [-0.15, -0.1) is 0 Å². The fraction of sp³-hybridized carbons (Fsp3) is 0.686. The number of hydrogen-bond donors (Lipinski definition) is 5. The molecule has 6 saturated carbocycles. The van der Waals surface area contributed by atoms with Crippen LogP contribution >= 0.6 is 0 Å². The maximum absolute atomic E-state index is 15.2. The Balaban J connectivity index is 1.05. The SMILES string of the molecule is C[C@H](O)CN[C@]12CC[C@@]3(c4cccc(O)c4)C[C@](C)([C@@H]1C(C)(C)C3=O)[C@H]1CCC3=C([C@H](C)C[C@@H](O)[C@H]4O[C@]4(C)[C@@H]4CCC[C@H]4c4cccc(N)c4)C(=O)C[C@]3(C)[C@@]1(C)C2. The normalized spacial score (nSPS) is 43.5. The predicted molar refractivity (Wildman–Crippen MR) is 231 cm³/mol. The van der Waals surface area contributed by atoms with Crippen LogP contribution in [0, 0.1) is 45.3 Å². The summed E-state index contributed by atoms with van der Waals surface area (Å²) in [7, 11) is 0. The van der Waals surface area contributed by atoms with Crippen molar-refractivity contribution in [2.45, 2.75) is 167 Å². The van der Waals surface area contributed by atoms with E-state index in [9.17, 15) is 20.1 Å². The zero-order chi connectivity index (χ0) is 42.3. The number of β-amino-alcohol motifs (C(OH)–C–C–N with tert-alkyl or cyclic N) is 1. The van der Waals surface area contributed by atoms with E-state index in [0.29, 0.717) is 44.1 Å². The minimum atomic E-state index is -0.752. The number of carbonyl (C=O) groups excluding carboxylic acids is 2. The third-order valence-electron chi connectivity index (χ3n) is 18.7. The summed E-state index contributed by atoms with van der Waals surface area (Å²) in [6, 6.07) is 15.7. The molecule has 1 saturated heterocycles. The Hall–Kier alpha value is -3.04. The highest BCUT2D eigenvalue weighted by Crippen LogP contribution is 2.79. The van der Waals surface area contributed by atoms with Crippen molar-refractivity contribution in [2.24, 2.45) is 45.3 Å². The van der Waals surface area contributed by atoms with Crippen LogP contribution in [0.15, 0.2) is 59.7 Å². The third kappa shape index (κ3) is 5.73. The first kappa shape index (κ1) is 41.3. The zero-order valence-electron chi connectivity index (χ0n) is 36.9. The average molecular weight is 807 g/mol. The molecule has 8 nitrogen and oxygen atoms in total. The Bertz CT molecular complexity index is 2090. The first-order chi connectivity index (χ1) is 27.7. The molecule has 1 aliphatic heterocycles. The minimum Gasteiger partial charge on any atom is -0.508 e. The molecule has 10 rings (SSSR count). The zero-order valence-corrected chi connectivity index (χ0v) is 36.9. The molecular weight excluding hydrogens is 737 g/mol. The maximum atomic E-state index is 15.2. The molecular formula is C51H70N2O6. The minimum absolute atomic E-state index is 0.0195. The second-order valence-electron chi connectivity index (χ2n) is 22.4. The number of phenolic OH excluding ortho intramolecular Hbond substituents is 1. The highest BCUT2D eigenvalue weighted by Gasteiger charge is 2.78. The van der Waals surface area contributed by atoms with Crippen molar-refractivity contribution < 1.29 is 29.6 Å². The number of ether oxygens (including phenoxy) is 1. The molecule has 0 spiro atoms. The van der Waals surface area contributed by atoms with Crippen molar-refractivity contribution >= 4 is 17.3 Å².